The van der Waals surface area contributed by atoms with Gasteiger partial charge in [-0.25, -0.2) is 4.98 Å². The van der Waals surface area contributed by atoms with E-state index in [1.165, 1.54) is 19.3 Å². The summed E-state index contributed by atoms with van der Waals surface area (Å²) in [6.45, 7) is 0. The van der Waals surface area contributed by atoms with E-state index in [2.05, 4.69) is 29.1 Å². The number of rotatable bonds is 3. The summed E-state index contributed by atoms with van der Waals surface area (Å²) in [7, 11) is 2.06. The Hall–Kier alpha value is -1.22. The van der Waals surface area contributed by atoms with Crippen molar-refractivity contribution >= 4 is 28.6 Å². The molecule has 0 spiro atoms. The molecule has 0 radical (unpaired) electrons. The van der Waals surface area contributed by atoms with Gasteiger partial charge in [-0.3, -0.25) is 0 Å². The lowest BCUT2D eigenvalue weighted by Gasteiger charge is -2.36. The highest BCUT2D eigenvalue weighted by Gasteiger charge is 2.32. The Morgan fingerprint density at radius 1 is 1.26 bits per heavy atom. The number of hydrogen-bond donors (Lipinski definition) is 1. The van der Waals surface area contributed by atoms with E-state index in [0.717, 1.165) is 29.8 Å². The molecule has 0 saturated heterocycles. The molecule has 0 aliphatic heterocycles. The van der Waals surface area contributed by atoms with Gasteiger partial charge in [0.2, 0.25) is 5.95 Å². The fourth-order valence-corrected chi connectivity index (χ4v) is 3.35. The molecule has 1 aliphatic rings. The van der Waals surface area contributed by atoms with E-state index in [0.29, 0.717) is 5.88 Å². The molecule has 0 atom stereocenters. The number of benzene rings is 1. The van der Waals surface area contributed by atoms with E-state index in [-0.39, 0.29) is 5.54 Å². The highest BCUT2D eigenvalue weighted by molar-refractivity contribution is 6.18. The van der Waals surface area contributed by atoms with Gasteiger partial charge in [-0.05, 0) is 25.0 Å². The topological polar surface area (TPSA) is 29.9 Å². The number of imidazole rings is 1. The third-order valence-corrected chi connectivity index (χ3v) is 4.74. The molecule has 1 aromatic heterocycles. The van der Waals surface area contributed by atoms with Crippen molar-refractivity contribution in [1.82, 2.24) is 9.55 Å². The Bertz CT molecular complexity index is 570. The Morgan fingerprint density at radius 2 is 2.00 bits per heavy atom. The number of fused-ring (bicyclic) bond motifs is 1. The number of halogens is 1. The SMILES string of the molecule is Cn1c(NC2(CCl)CCCCC2)nc2ccccc21. The minimum Gasteiger partial charge on any atom is -0.349 e. The smallest absolute Gasteiger partial charge is 0.204 e. The van der Waals surface area contributed by atoms with Crippen molar-refractivity contribution in [2.75, 3.05) is 11.2 Å². The van der Waals surface area contributed by atoms with Crippen LogP contribution in [-0.4, -0.2) is 21.0 Å². The Labute approximate surface area is 119 Å². The molecule has 3 rings (SSSR count). The van der Waals surface area contributed by atoms with Gasteiger partial charge in [-0.15, -0.1) is 11.6 Å². The average molecular weight is 278 g/mol. The normalized spacial score (nSPS) is 18.6. The summed E-state index contributed by atoms with van der Waals surface area (Å²) in [5.41, 5.74) is 2.22. The molecule has 0 unspecified atom stereocenters. The highest BCUT2D eigenvalue weighted by Crippen LogP contribution is 2.33. The maximum Gasteiger partial charge on any atom is 0.204 e. The van der Waals surface area contributed by atoms with E-state index < -0.39 is 0 Å². The third-order valence-electron chi connectivity index (χ3n) is 4.23. The summed E-state index contributed by atoms with van der Waals surface area (Å²) in [5, 5.41) is 3.62. The van der Waals surface area contributed by atoms with Gasteiger partial charge in [0.15, 0.2) is 0 Å². The molecule has 19 heavy (non-hydrogen) atoms. The zero-order valence-corrected chi connectivity index (χ0v) is 12.1. The molecule has 102 valence electrons. The molecule has 0 bridgehead atoms. The van der Waals surface area contributed by atoms with Crippen LogP contribution in [0, 0.1) is 0 Å². The van der Waals surface area contributed by atoms with E-state index in [4.69, 9.17) is 16.6 Å². The quantitative estimate of drug-likeness (QED) is 0.862. The van der Waals surface area contributed by atoms with Gasteiger partial charge in [0, 0.05) is 12.9 Å². The number of para-hydroxylation sites is 2. The van der Waals surface area contributed by atoms with Gasteiger partial charge in [0.25, 0.3) is 0 Å². The molecule has 1 fully saturated rings. The first kappa shape index (κ1) is 12.8. The van der Waals surface area contributed by atoms with Crippen LogP contribution in [0.1, 0.15) is 32.1 Å². The Kier molecular flexibility index (Phi) is 3.40. The summed E-state index contributed by atoms with van der Waals surface area (Å²) in [4.78, 5) is 4.69. The van der Waals surface area contributed by atoms with Crippen LogP contribution in [0.5, 0.6) is 0 Å². The second kappa shape index (κ2) is 5.04. The molecule has 2 aromatic rings. The Balaban J connectivity index is 1.93. The number of anilines is 1. The van der Waals surface area contributed by atoms with Gasteiger partial charge in [0.1, 0.15) is 0 Å². The second-order valence-electron chi connectivity index (χ2n) is 5.58. The van der Waals surface area contributed by atoms with E-state index in [1.54, 1.807) is 0 Å². The summed E-state index contributed by atoms with van der Waals surface area (Å²) >= 11 is 6.24. The third kappa shape index (κ3) is 2.32. The van der Waals surface area contributed by atoms with Gasteiger partial charge in [-0.2, -0.15) is 0 Å². The van der Waals surface area contributed by atoms with Crippen LogP contribution in [0.2, 0.25) is 0 Å². The monoisotopic (exact) mass is 277 g/mol. The number of aromatic nitrogens is 2. The van der Waals surface area contributed by atoms with Crippen LogP contribution >= 0.6 is 11.6 Å². The summed E-state index contributed by atoms with van der Waals surface area (Å²) in [5.74, 6) is 1.58. The van der Waals surface area contributed by atoms with Crippen molar-refractivity contribution < 1.29 is 0 Å². The summed E-state index contributed by atoms with van der Waals surface area (Å²) in [6, 6.07) is 8.22. The molecule has 3 nitrogen and oxygen atoms in total. The first-order valence-corrected chi connectivity index (χ1v) is 7.53. The van der Waals surface area contributed by atoms with Crippen molar-refractivity contribution in [3.63, 3.8) is 0 Å². The van der Waals surface area contributed by atoms with Gasteiger partial charge >= 0.3 is 0 Å². The molecule has 1 aliphatic carbocycles. The molecule has 1 saturated carbocycles. The molecule has 4 heteroatoms. The van der Waals surface area contributed by atoms with Crippen LogP contribution < -0.4 is 5.32 Å². The summed E-state index contributed by atoms with van der Waals surface area (Å²) < 4.78 is 2.12. The first-order valence-electron chi connectivity index (χ1n) is 7.00. The number of alkyl halides is 1. The van der Waals surface area contributed by atoms with Crippen molar-refractivity contribution in [3.8, 4) is 0 Å². The first-order chi connectivity index (χ1) is 9.24. The maximum atomic E-state index is 6.24. The van der Waals surface area contributed by atoms with E-state index >= 15 is 0 Å². The van der Waals surface area contributed by atoms with Crippen LogP contribution in [-0.2, 0) is 7.05 Å². The number of nitrogens with zero attached hydrogens (tertiary/aromatic N) is 2. The Morgan fingerprint density at radius 3 is 2.68 bits per heavy atom. The average Bonchev–Trinajstić information content (AvgIpc) is 2.77. The fourth-order valence-electron chi connectivity index (χ4n) is 3.02. The molecule has 0 amide bonds. The minimum absolute atomic E-state index is 0.0228. The van der Waals surface area contributed by atoms with Crippen molar-refractivity contribution in [2.24, 2.45) is 7.05 Å². The second-order valence-corrected chi connectivity index (χ2v) is 5.85. The van der Waals surface area contributed by atoms with E-state index in [1.807, 2.05) is 12.1 Å². The molecular formula is C15H20ClN3. The van der Waals surface area contributed by atoms with Crippen molar-refractivity contribution in [2.45, 2.75) is 37.6 Å². The van der Waals surface area contributed by atoms with Crippen molar-refractivity contribution in [3.05, 3.63) is 24.3 Å². The number of hydrogen-bond acceptors (Lipinski definition) is 2. The van der Waals surface area contributed by atoms with E-state index in [9.17, 15) is 0 Å². The number of nitrogens with one attached hydrogen (secondary N) is 1. The lowest BCUT2D eigenvalue weighted by molar-refractivity contribution is 0.351. The van der Waals surface area contributed by atoms with Crippen LogP contribution in [0.4, 0.5) is 5.95 Å². The fraction of sp³-hybridized carbons (Fsp3) is 0.533. The molecule has 1 heterocycles. The minimum atomic E-state index is 0.0228. The molecule has 1 N–H and O–H groups in total. The lowest BCUT2D eigenvalue weighted by atomic mass is 9.83. The zero-order valence-electron chi connectivity index (χ0n) is 11.3. The van der Waals surface area contributed by atoms with Gasteiger partial charge in [-0.1, -0.05) is 31.4 Å². The maximum absolute atomic E-state index is 6.24. The largest absolute Gasteiger partial charge is 0.349 e. The van der Waals surface area contributed by atoms with Crippen molar-refractivity contribution in [1.29, 1.82) is 0 Å². The van der Waals surface area contributed by atoms with Gasteiger partial charge < -0.3 is 9.88 Å². The predicted octanol–water partition coefficient (Wildman–Crippen LogP) is 3.93. The lowest BCUT2D eigenvalue weighted by Crippen LogP contribution is -2.42. The molecular weight excluding hydrogens is 258 g/mol. The molecule has 1 aromatic carbocycles. The zero-order chi connectivity index (χ0) is 13.3. The highest BCUT2D eigenvalue weighted by atomic mass is 35.5. The predicted molar refractivity (Wildman–Crippen MR) is 80.9 cm³/mol. The standard InChI is InChI=1S/C15H20ClN3/c1-19-13-8-4-3-7-12(13)17-14(19)18-15(11-16)9-5-2-6-10-15/h3-4,7-8H,2,5-6,9-11H2,1H3,(H,17,18). The number of aryl methyl sites for hydroxylation is 1. The van der Waals surface area contributed by atoms with Crippen LogP contribution in [0.15, 0.2) is 24.3 Å². The van der Waals surface area contributed by atoms with Crippen LogP contribution in [0.25, 0.3) is 11.0 Å². The van der Waals surface area contributed by atoms with Crippen LogP contribution in [0.3, 0.4) is 0 Å². The van der Waals surface area contributed by atoms with Gasteiger partial charge in [0.05, 0.1) is 16.6 Å². The summed E-state index contributed by atoms with van der Waals surface area (Å²) in [6.07, 6.45) is 6.11.